The molecule has 1 rings (SSSR count). The number of carbonyl (C=O) groups is 1. The topological polar surface area (TPSA) is 20.3 Å². The summed E-state index contributed by atoms with van der Waals surface area (Å²) in [6.07, 6.45) is 1.70. The zero-order valence-electron chi connectivity index (χ0n) is 5.33. The lowest BCUT2D eigenvalue weighted by Gasteiger charge is -2.03. The van der Waals surface area contributed by atoms with Gasteiger partial charge in [-0.15, -0.1) is 0 Å². The molecular weight excluding hydrogens is 165 g/mol. The van der Waals surface area contributed by atoms with Gasteiger partial charge in [0.2, 0.25) is 7.98 Å². The van der Waals surface area contributed by atoms with E-state index in [1.54, 1.807) is 13.0 Å². The van der Waals surface area contributed by atoms with Crippen molar-refractivity contribution >= 4 is 42.2 Å². The second kappa shape index (κ2) is 2.76. The van der Waals surface area contributed by atoms with Crippen molar-refractivity contribution in [3.63, 3.8) is 0 Å². The highest BCUT2D eigenvalue weighted by molar-refractivity contribution is 8.26. The van der Waals surface area contributed by atoms with E-state index in [0.29, 0.717) is 9.23 Å². The van der Waals surface area contributed by atoms with E-state index in [9.17, 15) is 4.79 Å². The van der Waals surface area contributed by atoms with Crippen molar-refractivity contribution in [2.75, 3.05) is 0 Å². The summed E-state index contributed by atoms with van der Waals surface area (Å²) in [5.41, 5.74) is 0. The second-order valence-corrected chi connectivity index (χ2v) is 3.37. The number of nitrogens with zero attached hydrogens (tertiary/aromatic N) is 1. The van der Waals surface area contributed by atoms with E-state index in [4.69, 9.17) is 20.2 Å². The molecule has 5 heteroatoms. The first-order valence-corrected chi connectivity index (χ1v) is 3.86. The van der Waals surface area contributed by atoms with E-state index >= 15 is 0 Å². The van der Waals surface area contributed by atoms with Crippen molar-refractivity contribution in [3.8, 4) is 0 Å². The Kier molecular flexibility index (Phi) is 2.16. The van der Waals surface area contributed by atoms with Gasteiger partial charge in [-0.25, -0.2) is 0 Å². The zero-order valence-corrected chi connectivity index (χ0v) is 6.96. The molecule has 1 fully saturated rings. The minimum atomic E-state index is -0.211. The summed E-state index contributed by atoms with van der Waals surface area (Å²) in [5.74, 6) is -0.211. The number of thioether (sulfide) groups is 1. The molecule has 0 bridgehead atoms. The molecule has 10 heavy (non-hydrogen) atoms. The third-order valence-electron chi connectivity index (χ3n) is 1.09. The van der Waals surface area contributed by atoms with Gasteiger partial charge < -0.3 is 4.81 Å². The Hall–Kier alpha value is -0.285. The Labute approximate surface area is 70.1 Å². The highest BCUT2D eigenvalue weighted by Crippen LogP contribution is 2.28. The number of hydrogen-bond acceptors (Lipinski definition) is 3. The van der Waals surface area contributed by atoms with Crippen molar-refractivity contribution in [3.05, 3.63) is 11.0 Å². The van der Waals surface area contributed by atoms with E-state index in [-0.39, 0.29) is 5.91 Å². The van der Waals surface area contributed by atoms with E-state index in [1.807, 2.05) is 0 Å². The first-order chi connectivity index (χ1) is 4.66. The molecular formula is C5H4BNOS2. The summed E-state index contributed by atoms with van der Waals surface area (Å²) in [7, 11) is 5.27. The number of thiocarbonyl (C=S) groups is 1. The van der Waals surface area contributed by atoms with Gasteiger partial charge in [0.15, 0.2) is 0 Å². The average molecular weight is 169 g/mol. The van der Waals surface area contributed by atoms with Crippen molar-refractivity contribution in [1.29, 1.82) is 0 Å². The minimum absolute atomic E-state index is 0.211. The minimum Gasteiger partial charge on any atom is -0.351 e. The number of carbonyl (C=O) groups excluding carboxylic acids is 1. The van der Waals surface area contributed by atoms with Gasteiger partial charge in [0, 0.05) is 0 Å². The second-order valence-electron chi connectivity index (χ2n) is 1.70. The van der Waals surface area contributed by atoms with Gasteiger partial charge in [0.25, 0.3) is 5.91 Å². The molecule has 1 saturated heterocycles. The largest absolute Gasteiger partial charge is 0.351 e. The third kappa shape index (κ3) is 1.11. The van der Waals surface area contributed by atoms with Crippen molar-refractivity contribution < 1.29 is 4.79 Å². The van der Waals surface area contributed by atoms with Gasteiger partial charge in [-0.3, -0.25) is 4.79 Å². The van der Waals surface area contributed by atoms with E-state index in [0.717, 1.165) is 4.81 Å². The molecule has 1 aliphatic heterocycles. The maximum absolute atomic E-state index is 11.0. The Morgan fingerprint density at radius 2 is 2.40 bits per heavy atom. The molecule has 0 saturated carbocycles. The molecule has 0 unspecified atom stereocenters. The molecule has 2 radical (unpaired) electrons. The molecule has 0 spiro atoms. The van der Waals surface area contributed by atoms with Crippen LogP contribution in [0, 0.1) is 0 Å². The molecule has 0 aliphatic carbocycles. The predicted molar refractivity (Wildman–Crippen MR) is 46.5 cm³/mol. The molecule has 1 aliphatic rings. The van der Waals surface area contributed by atoms with Gasteiger partial charge in [-0.05, 0) is 6.92 Å². The average Bonchev–Trinajstić information content (AvgIpc) is 2.17. The number of hydrogen-bond donors (Lipinski definition) is 0. The summed E-state index contributed by atoms with van der Waals surface area (Å²) in [4.78, 5) is 12.6. The lowest BCUT2D eigenvalue weighted by molar-refractivity contribution is -0.119. The lowest BCUT2D eigenvalue weighted by atomic mass is 10.3. The van der Waals surface area contributed by atoms with E-state index in [2.05, 4.69) is 0 Å². The van der Waals surface area contributed by atoms with Gasteiger partial charge in [-0.2, -0.15) is 0 Å². The molecule has 0 N–H and O–H groups in total. The molecule has 1 heterocycles. The zero-order chi connectivity index (χ0) is 7.72. The fourth-order valence-electron chi connectivity index (χ4n) is 0.571. The third-order valence-corrected chi connectivity index (χ3v) is 2.53. The van der Waals surface area contributed by atoms with Gasteiger partial charge in [-0.1, -0.05) is 30.1 Å². The summed E-state index contributed by atoms with van der Waals surface area (Å²) in [5, 5.41) is 0. The van der Waals surface area contributed by atoms with E-state index < -0.39 is 0 Å². The van der Waals surface area contributed by atoms with Crippen LogP contribution in [0.15, 0.2) is 11.0 Å². The number of amides is 1. The highest BCUT2D eigenvalue weighted by atomic mass is 32.2. The first kappa shape index (κ1) is 7.82. The summed E-state index contributed by atoms with van der Waals surface area (Å²) >= 11 is 5.99. The Morgan fingerprint density at radius 1 is 1.80 bits per heavy atom. The summed E-state index contributed by atoms with van der Waals surface area (Å²) in [6, 6.07) is 0. The smallest absolute Gasteiger partial charge is 0.252 e. The summed E-state index contributed by atoms with van der Waals surface area (Å²) in [6.45, 7) is 1.78. The van der Waals surface area contributed by atoms with Gasteiger partial charge >= 0.3 is 0 Å². The van der Waals surface area contributed by atoms with Crippen LogP contribution < -0.4 is 0 Å². The standard InChI is InChI=1S/C5H4BNOS2/c1-2-3-4(8)7(6)5(9)10-3/h2H,1H3/b3-2+. The summed E-state index contributed by atoms with van der Waals surface area (Å²) < 4.78 is 0.415. The fraction of sp³-hybridized carbons (Fsp3) is 0.200. The molecule has 0 aromatic rings. The molecule has 0 atom stereocenters. The molecule has 50 valence electrons. The normalized spacial score (nSPS) is 22.9. The quantitative estimate of drug-likeness (QED) is 0.304. The molecule has 1 amide bonds. The van der Waals surface area contributed by atoms with Gasteiger partial charge in [0.05, 0.1) is 4.91 Å². The van der Waals surface area contributed by atoms with Crippen LogP contribution in [0.25, 0.3) is 0 Å². The first-order valence-electron chi connectivity index (χ1n) is 2.64. The number of allylic oxidation sites excluding steroid dienone is 1. The molecule has 2 nitrogen and oxygen atoms in total. The fourth-order valence-corrected chi connectivity index (χ4v) is 1.60. The van der Waals surface area contributed by atoms with E-state index in [1.165, 1.54) is 11.8 Å². The van der Waals surface area contributed by atoms with Crippen molar-refractivity contribution in [2.24, 2.45) is 0 Å². The highest BCUT2D eigenvalue weighted by Gasteiger charge is 2.26. The maximum Gasteiger partial charge on any atom is 0.252 e. The van der Waals surface area contributed by atoms with Crippen LogP contribution in [-0.2, 0) is 4.79 Å². The lowest BCUT2D eigenvalue weighted by Crippen LogP contribution is -2.24. The van der Waals surface area contributed by atoms with Gasteiger partial charge in [0.1, 0.15) is 4.32 Å². The van der Waals surface area contributed by atoms with Crippen molar-refractivity contribution in [1.82, 2.24) is 4.81 Å². The van der Waals surface area contributed by atoms with Crippen LogP contribution in [0.3, 0.4) is 0 Å². The molecule has 0 aromatic carbocycles. The van der Waals surface area contributed by atoms with Crippen LogP contribution in [0.1, 0.15) is 6.92 Å². The Bertz CT molecular complexity index is 226. The van der Waals surface area contributed by atoms with Crippen LogP contribution in [-0.4, -0.2) is 23.0 Å². The van der Waals surface area contributed by atoms with Crippen LogP contribution in [0.4, 0.5) is 0 Å². The molecule has 0 aromatic heterocycles. The monoisotopic (exact) mass is 169 g/mol. The SMILES string of the molecule is [B]N1C(=O)/C(=C\C)SC1=S. The van der Waals surface area contributed by atoms with Crippen LogP contribution in [0.5, 0.6) is 0 Å². The van der Waals surface area contributed by atoms with Crippen LogP contribution >= 0.6 is 24.0 Å². The Morgan fingerprint density at radius 3 is 2.60 bits per heavy atom. The predicted octanol–water partition coefficient (Wildman–Crippen LogP) is 0.834. The van der Waals surface area contributed by atoms with Crippen molar-refractivity contribution in [2.45, 2.75) is 6.92 Å². The maximum atomic E-state index is 11.0. The van der Waals surface area contributed by atoms with Crippen LogP contribution in [0.2, 0.25) is 0 Å². The Balaban J connectivity index is 2.92. The number of rotatable bonds is 0.